The molecule has 0 radical (unpaired) electrons. The van der Waals surface area contributed by atoms with Crippen LogP contribution in [0.15, 0.2) is 24.3 Å². The van der Waals surface area contributed by atoms with Crippen LogP contribution in [0.25, 0.3) is 0 Å². The van der Waals surface area contributed by atoms with Gasteiger partial charge in [-0.05, 0) is 37.1 Å². The number of nitrogens with zero attached hydrogens (tertiary/aromatic N) is 1. The van der Waals surface area contributed by atoms with E-state index in [0.29, 0.717) is 11.5 Å². The molecule has 0 spiro atoms. The van der Waals surface area contributed by atoms with Gasteiger partial charge in [-0.25, -0.2) is 0 Å². The summed E-state index contributed by atoms with van der Waals surface area (Å²) >= 11 is 0. The normalized spacial score (nSPS) is 14.1. The highest BCUT2D eigenvalue weighted by atomic mass is 15.1. The van der Waals surface area contributed by atoms with Crippen LogP contribution in [-0.4, -0.2) is 18.0 Å². The third kappa shape index (κ3) is 3.53. The number of nitrogen functional groups attached to an aromatic ring is 1. The zero-order valence-electron chi connectivity index (χ0n) is 11.1. The van der Waals surface area contributed by atoms with Crippen LogP contribution in [0.4, 0.5) is 5.69 Å². The summed E-state index contributed by atoms with van der Waals surface area (Å²) in [5.41, 5.74) is 8.12. The van der Waals surface area contributed by atoms with Crippen LogP contribution < -0.4 is 5.73 Å². The average molecular weight is 220 g/mol. The molecule has 0 fully saturated rings. The lowest BCUT2D eigenvalue weighted by molar-refractivity contribution is 0.134. The summed E-state index contributed by atoms with van der Waals surface area (Å²) in [4.78, 5) is 2.38. The van der Waals surface area contributed by atoms with E-state index in [0.717, 1.165) is 12.2 Å². The third-order valence-electron chi connectivity index (χ3n) is 3.33. The molecule has 1 aromatic carbocycles. The summed E-state index contributed by atoms with van der Waals surface area (Å²) in [6.07, 6.45) is 0. The first-order valence-electron chi connectivity index (χ1n) is 5.85. The van der Waals surface area contributed by atoms with Crippen molar-refractivity contribution >= 4 is 5.69 Å². The molecule has 2 heteroatoms. The first-order chi connectivity index (χ1) is 7.30. The Bertz CT molecular complexity index is 322. The molecule has 0 aliphatic carbocycles. The van der Waals surface area contributed by atoms with E-state index in [-0.39, 0.29) is 0 Å². The standard InChI is InChI=1S/C14H24N2/c1-11(14(2,3)4)16(5)10-12-6-8-13(15)9-7-12/h6-9,11H,10,15H2,1-5H3/t11-/m0/s1. The lowest BCUT2D eigenvalue weighted by Crippen LogP contribution is -2.38. The van der Waals surface area contributed by atoms with Crippen molar-refractivity contribution in [2.45, 2.75) is 40.3 Å². The van der Waals surface area contributed by atoms with Gasteiger partial charge in [-0.2, -0.15) is 0 Å². The van der Waals surface area contributed by atoms with Gasteiger partial charge in [-0.1, -0.05) is 32.9 Å². The van der Waals surface area contributed by atoms with Crippen molar-refractivity contribution in [3.63, 3.8) is 0 Å². The van der Waals surface area contributed by atoms with Crippen LogP contribution in [0.3, 0.4) is 0 Å². The first kappa shape index (κ1) is 13.0. The van der Waals surface area contributed by atoms with E-state index in [2.05, 4.69) is 51.8 Å². The van der Waals surface area contributed by atoms with E-state index >= 15 is 0 Å². The smallest absolute Gasteiger partial charge is 0.0314 e. The quantitative estimate of drug-likeness (QED) is 0.793. The highest BCUT2D eigenvalue weighted by molar-refractivity contribution is 5.39. The summed E-state index contributed by atoms with van der Waals surface area (Å²) < 4.78 is 0. The van der Waals surface area contributed by atoms with Gasteiger partial charge in [0.1, 0.15) is 0 Å². The maximum absolute atomic E-state index is 5.67. The predicted octanol–water partition coefficient (Wildman–Crippen LogP) is 3.14. The minimum atomic E-state index is 0.308. The molecule has 2 N–H and O–H groups in total. The topological polar surface area (TPSA) is 29.3 Å². The first-order valence-corrected chi connectivity index (χ1v) is 5.85. The van der Waals surface area contributed by atoms with Crippen molar-refractivity contribution < 1.29 is 0 Å². The number of hydrogen-bond donors (Lipinski definition) is 1. The van der Waals surface area contributed by atoms with Crippen LogP contribution >= 0.6 is 0 Å². The Morgan fingerprint density at radius 2 is 1.69 bits per heavy atom. The summed E-state index contributed by atoms with van der Waals surface area (Å²) in [5, 5.41) is 0. The second-order valence-corrected chi connectivity index (χ2v) is 5.70. The molecule has 0 unspecified atom stereocenters. The highest BCUT2D eigenvalue weighted by Crippen LogP contribution is 2.24. The highest BCUT2D eigenvalue weighted by Gasteiger charge is 2.23. The monoisotopic (exact) mass is 220 g/mol. The van der Waals surface area contributed by atoms with Crippen molar-refractivity contribution in [2.75, 3.05) is 12.8 Å². The average Bonchev–Trinajstić information content (AvgIpc) is 2.19. The molecule has 90 valence electrons. The summed E-state index contributed by atoms with van der Waals surface area (Å²) in [6, 6.07) is 8.67. The van der Waals surface area contributed by atoms with Gasteiger partial charge in [0.2, 0.25) is 0 Å². The SMILES string of the molecule is C[C@H](N(C)Cc1ccc(N)cc1)C(C)(C)C. The number of benzene rings is 1. The number of nitrogens with two attached hydrogens (primary N) is 1. The maximum Gasteiger partial charge on any atom is 0.0314 e. The Morgan fingerprint density at radius 3 is 2.12 bits per heavy atom. The van der Waals surface area contributed by atoms with E-state index in [1.165, 1.54) is 5.56 Å². The Hall–Kier alpha value is -1.02. The Morgan fingerprint density at radius 1 is 1.19 bits per heavy atom. The Kier molecular flexibility index (Phi) is 3.98. The molecule has 2 nitrogen and oxygen atoms in total. The molecule has 0 amide bonds. The van der Waals surface area contributed by atoms with Gasteiger partial charge in [0.05, 0.1) is 0 Å². The zero-order valence-corrected chi connectivity index (χ0v) is 11.1. The number of hydrogen-bond acceptors (Lipinski definition) is 2. The molecule has 0 saturated heterocycles. The largest absolute Gasteiger partial charge is 0.399 e. The van der Waals surface area contributed by atoms with Gasteiger partial charge < -0.3 is 5.73 Å². The van der Waals surface area contributed by atoms with Gasteiger partial charge in [-0.3, -0.25) is 4.90 Å². The number of rotatable bonds is 3. The van der Waals surface area contributed by atoms with Crippen LogP contribution in [-0.2, 0) is 6.54 Å². The van der Waals surface area contributed by atoms with E-state index in [4.69, 9.17) is 5.73 Å². The second kappa shape index (κ2) is 4.88. The molecule has 0 aliphatic rings. The van der Waals surface area contributed by atoms with E-state index < -0.39 is 0 Å². The fourth-order valence-electron chi connectivity index (χ4n) is 1.71. The van der Waals surface area contributed by atoms with Crippen LogP contribution in [0.2, 0.25) is 0 Å². The van der Waals surface area contributed by atoms with Crippen LogP contribution in [0, 0.1) is 5.41 Å². The van der Waals surface area contributed by atoms with Gasteiger partial charge in [0.25, 0.3) is 0 Å². The molecule has 0 saturated carbocycles. The van der Waals surface area contributed by atoms with Gasteiger partial charge in [0.15, 0.2) is 0 Å². The summed E-state index contributed by atoms with van der Waals surface area (Å²) in [7, 11) is 2.17. The molecule has 1 atom stereocenters. The maximum atomic E-state index is 5.67. The minimum absolute atomic E-state index is 0.308. The second-order valence-electron chi connectivity index (χ2n) is 5.70. The van der Waals surface area contributed by atoms with Crippen molar-refractivity contribution in [1.82, 2.24) is 4.90 Å². The third-order valence-corrected chi connectivity index (χ3v) is 3.33. The summed E-state index contributed by atoms with van der Waals surface area (Å²) in [5.74, 6) is 0. The molecule has 1 aromatic rings. The zero-order chi connectivity index (χ0) is 12.3. The van der Waals surface area contributed by atoms with Gasteiger partial charge in [-0.15, -0.1) is 0 Å². The van der Waals surface area contributed by atoms with Crippen LogP contribution in [0.5, 0.6) is 0 Å². The van der Waals surface area contributed by atoms with Crippen LogP contribution in [0.1, 0.15) is 33.3 Å². The molecule has 0 bridgehead atoms. The van der Waals surface area contributed by atoms with Gasteiger partial charge in [0, 0.05) is 18.3 Å². The summed E-state index contributed by atoms with van der Waals surface area (Å²) in [6.45, 7) is 10.1. The Balaban J connectivity index is 2.64. The molecule has 16 heavy (non-hydrogen) atoms. The lowest BCUT2D eigenvalue weighted by atomic mass is 9.87. The molecule has 0 aliphatic heterocycles. The Labute approximate surface area is 99.5 Å². The molecular formula is C14H24N2. The molecule has 1 rings (SSSR count). The predicted molar refractivity (Wildman–Crippen MR) is 71.2 cm³/mol. The molecule has 0 heterocycles. The number of anilines is 1. The van der Waals surface area contributed by atoms with Crippen molar-refractivity contribution in [3.05, 3.63) is 29.8 Å². The van der Waals surface area contributed by atoms with E-state index in [1.54, 1.807) is 0 Å². The van der Waals surface area contributed by atoms with Crippen molar-refractivity contribution in [1.29, 1.82) is 0 Å². The molecule has 0 aromatic heterocycles. The van der Waals surface area contributed by atoms with Crippen molar-refractivity contribution in [3.8, 4) is 0 Å². The minimum Gasteiger partial charge on any atom is -0.399 e. The molecular weight excluding hydrogens is 196 g/mol. The van der Waals surface area contributed by atoms with Gasteiger partial charge >= 0.3 is 0 Å². The fourth-order valence-corrected chi connectivity index (χ4v) is 1.71. The van der Waals surface area contributed by atoms with E-state index in [1.807, 2.05) is 12.1 Å². The fraction of sp³-hybridized carbons (Fsp3) is 0.571. The van der Waals surface area contributed by atoms with E-state index in [9.17, 15) is 0 Å². The lowest BCUT2D eigenvalue weighted by Gasteiger charge is -2.35. The van der Waals surface area contributed by atoms with Crippen molar-refractivity contribution in [2.24, 2.45) is 5.41 Å².